The average Bonchev–Trinajstić information content (AvgIpc) is 2.47. The second-order valence-corrected chi connectivity index (χ2v) is 6.81. The molecule has 2 aromatic carbocycles. The van der Waals surface area contributed by atoms with Crippen molar-refractivity contribution in [3.8, 4) is 11.5 Å². The molecule has 0 aliphatic heterocycles. The van der Waals surface area contributed by atoms with Gasteiger partial charge in [-0.3, -0.25) is 0 Å². The minimum Gasteiger partial charge on any atom is -0.508 e. The molecule has 0 aliphatic rings. The second-order valence-electron chi connectivity index (χ2n) is 6.81. The van der Waals surface area contributed by atoms with E-state index in [1.807, 2.05) is 27.7 Å². The van der Waals surface area contributed by atoms with Gasteiger partial charge in [-0.1, -0.05) is 27.7 Å². The fraction of sp³-hybridized carbons (Fsp3) is 0.368. The summed E-state index contributed by atoms with van der Waals surface area (Å²) in [5.41, 5.74) is 0.745. The van der Waals surface area contributed by atoms with Gasteiger partial charge >= 0.3 is 0 Å². The normalized spacial score (nSPS) is 13.0. The van der Waals surface area contributed by atoms with Gasteiger partial charge in [0.25, 0.3) is 0 Å². The number of benzene rings is 2. The maximum atomic E-state index is 13.9. The third-order valence-electron chi connectivity index (χ3n) is 3.77. The zero-order valence-corrected chi connectivity index (χ0v) is 13.9. The van der Waals surface area contributed by atoms with Crippen LogP contribution in [0.1, 0.15) is 44.7 Å². The van der Waals surface area contributed by atoms with Gasteiger partial charge in [-0.2, -0.15) is 0 Å². The molecule has 0 aromatic heterocycles. The van der Waals surface area contributed by atoms with Crippen molar-refractivity contribution in [1.29, 1.82) is 0 Å². The molecule has 0 fully saturated rings. The van der Waals surface area contributed by atoms with Gasteiger partial charge in [-0.25, -0.2) is 8.78 Å². The second kappa shape index (κ2) is 6.57. The van der Waals surface area contributed by atoms with Crippen molar-refractivity contribution in [2.24, 2.45) is 0 Å². The van der Waals surface area contributed by atoms with Crippen LogP contribution >= 0.6 is 0 Å². The summed E-state index contributed by atoms with van der Waals surface area (Å²) in [5.74, 6) is -0.271. The van der Waals surface area contributed by atoms with Gasteiger partial charge in [0.2, 0.25) is 0 Å². The fourth-order valence-corrected chi connectivity index (χ4v) is 2.40. The Bertz CT molecular complexity index is 690. The molecule has 0 bridgehead atoms. The van der Waals surface area contributed by atoms with E-state index in [1.54, 1.807) is 12.1 Å². The molecule has 0 aliphatic carbocycles. The topological polar surface area (TPSA) is 29.5 Å². The summed E-state index contributed by atoms with van der Waals surface area (Å²) in [6.07, 6.45) is 0. The Hall–Kier alpha value is -2.10. The smallest absolute Gasteiger partial charge is 0.127 e. The van der Waals surface area contributed by atoms with E-state index >= 15 is 0 Å². The van der Waals surface area contributed by atoms with Crippen LogP contribution in [0.5, 0.6) is 11.5 Å². The van der Waals surface area contributed by atoms with Gasteiger partial charge < -0.3 is 9.84 Å². The summed E-state index contributed by atoms with van der Waals surface area (Å²) in [6.45, 7) is 7.89. The molecule has 2 aromatic rings. The van der Waals surface area contributed by atoms with Crippen molar-refractivity contribution in [3.05, 3.63) is 59.2 Å². The minimum absolute atomic E-state index is 0.0389. The first-order chi connectivity index (χ1) is 10.7. The van der Waals surface area contributed by atoms with Crippen LogP contribution in [0.25, 0.3) is 0 Å². The molecular weight excluding hydrogens is 298 g/mol. The molecule has 4 heteroatoms. The maximum absolute atomic E-state index is 13.9. The summed E-state index contributed by atoms with van der Waals surface area (Å²) in [6, 6.07) is 8.49. The molecule has 0 saturated carbocycles. The molecular formula is C19H22F2O2. The lowest BCUT2D eigenvalue weighted by Gasteiger charge is -2.21. The largest absolute Gasteiger partial charge is 0.508 e. The average molecular weight is 320 g/mol. The molecule has 2 rings (SSSR count). The Morgan fingerprint density at radius 3 is 2.43 bits per heavy atom. The van der Waals surface area contributed by atoms with Gasteiger partial charge in [0.05, 0.1) is 6.61 Å². The molecule has 23 heavy (non-hydrogen) atoms. The van der Waals surface area contributed by atoms with E-state index in [9.17, 15) is 13.9 Å². The van der Waals surface area contributed by atoms with E-state index in [4.69, 9.17) is 4.74 Å². The molecule has 0 saturated heterocycles. The lowest BCUT2D eigenvalue weighted by atomic mass is 9.86. The van der Waals surface area contributed by atoms with Crippen LogP contribution in [0.3, 0.4) is 0 Å². The first-order valence-corrected chi connectivity index (χ1v) is 7.59. The number of aromatic hydroxyl groups is 1. The van der Waals surface area contributed by atoms with Gasteiger partial charge in [0, 0.05) is 11.5 Å². The van der Waals surface area contributed by atoms with Crippen LogP contribution in [-0.2, 0) is 5.41 Å². The van der Waals surface area contributed by atoms with E-state index in [0.29, 0.717) is 16.9 Å². The number of phenolic OH excluding ortho intramolecular Hbond substituents is 1. The number of rotatable bonds is 4. The Morgan fingerprint density at radius 2 is 1.78 bits per heavy atom. The molecule has 0 heterocycles. The van der Waals surface area contributed by atoms with Crippen LogP contribution in [0.15, 0.2) is 36.4 Å². The van der Waals surface area contributed by atoms with Gasteiger partial charge in [-0.15, -0.1) is 0 Å². The van der Waals surface area contributed by atoms with Crippen LogP contribution < -0.4 is 4.74 Å². The quantitative estimate of drug-likeness (QED) is 0.844. The summed E-state index contributed by atoms with van der Waals surface area (Å²) >= 11 is 0. The first kappa shape index (κ1) is 17.3. The highest BCUT2D eigenvalue weighted by Gasteiger charge is 2.19. The van der Waals surface area contributed by atoms with Gasteiger partial charge in [0.15, 0.2) is 0 Å². The molecule has 1 N–H and O–H groups in total. The lowest BCUT2D eigenvalue weighted by Crippen LogP contribution is -2.14. The molecule has 0 radical (unpaired) electrons. The van der Waals surface area contributed by atoms with E-state index < -0.39 is 5.82 Å². The Kier molecular flexibility index (Phi) is 4.93. The molecule has 1 atom stereocenters. The van der Waals surface area contributed by atoms with Crippen molar-refractivity contribution < 1.29 is 18.6 Å². The first-order valence-electron chi connectivity index (χ1n) is 7.59. The van der Waals surface area contributed by atoms with E-state index in [-0.39, 0.29) is 29.5 Å². The lowest BCUT2D eigenvalue weighted by molar-refractivity contribution is 0.291. The van der Waals surface area contributed by atoms with E-state index in [0.717, 1.165) is 0 Å². The van der Waals surface area contributed by atoms with Crippen LogP contribution in [0.4, 0.5) is 8.78 Å². The number of hydrogen-bond acceptors (Lipinski definition) is 2. The van der Waals surface area contributed by atoms with Crippen molar-refractivity contribution in [1.82, 2.24) is 0 Å². The summed E-state index contributed by atoms with van der Waals surface area (Å²) in [7, 11) is 0. The summed E-state index contributed by atoms with van der Waals surface area (Å²) in [4.78, 5) is 0. The standard InChI is InChI=1S/C19H22F2O2/c1-12(15-9-13(20)5-8-18(15)22)11-23-14-6-7-17(21)16(10-14)19(2,3)4/h5-10,12,22H,11H2,1-4H3. The summed E-state index contributed by atoms with van der Waals surface area (Å²) in [5, 5.41) is 9.82. The predicted molar refractivity (Wildman–Crippen MR) is 87.1 cm³/mol. The Labute approximate surface area is 135 Å². The van der Waals surface area contributed by atoms with Gasteiger partial charge in [-0.05, 0) is 47.4 Å². The van der Waals surface area contributed by atoms with Crippen molar-refractivity contribution in [2.75, 3.05) is 6.61 Å². The Balaban J connectivity index is 2.13. The molecule has 0 spiro atoms. The van der Waals surface area contributed by atoms with Crippen LogP contribution in [-0.4, -0.2) is 11.7 Å². The zero-order chi connectivity index (χ0) is 17.2. The number of ether oxygens (including phenoxy) is 1. The molecule has 2 nitrogen and oxygen atoms in total. The third-order valence-corrected chi connectivity index (χ3v) is 3.77. The molecule has 124 valence electrons. The molecule has 0 amide bonds. The molecule has 1 unspecified atom stereocenters. The fourth-order valence-electron chi connectivity index (χ4n) is 2.40. The number of hydrogen-bond donors (Lipinski definition) is 1. The Morgan fingerprint density at radius 1 is 1.09 bits per heavy atom. The number of phenols is 1. The van der Waals surface area contributed by atoms with E-state index in [1.165, 1.54) is 24.3 Å². The monoisotopic (exact) mass is 320 g/mol. The van der Waals surface area contributed by atoms with Crippen LogP contribution in [0.2, 0.25) is 0 Å². The SMILES string of the molecule is CC(COc1ccc(F)c(C(C)(C)C)c1)c1cc(F)ccc1O. The van der Waals surface area contributed by atoms with Gasteiger partial charge in [0.1, 0.15) is 23.1 Å². The van der Waals surface area contributed by atoms with Crippen molar-refractivity contribution in [2.45, 2.75) is 39.0 Å². The van der Waals surface area contributed by atoms with Crippen molar-refractivity contribution in [3.63, 3.8) is 0 Å². The van der Waals surface area contributed by atoms with E-state index in [2.05, 4.69) is 0 Å². The summed E-state index contributed by atoms with van der Waals surface area (Å²) < 4.78 is 32.9. The number of halogens is 2. The van der Waals surface area contributed by atoms with Crippen LogP contribution in [0, 0.1) is 11.6 Å². The third kappa shape index (κ3) is 4.21. The maximum Gasteiger partial charge on any atom is 0.127 e. The highest BCUT2D eigenvalue weighted by Crippen LogP contribution is 2.30. The highest BCUT2D eigenvalue weighted by atomic mass is 19.1. The minimum atomic E-state index is -0.401. The zero-order valence-electron chi connectivity index (χ0n) is 13.9. The highest BCUT2D eigenvalue weighted by molar-refractivity contribution is 5.36. The van der Waals surface area contributed by atoms with Crippen molar-refractivity contribution >= 4 is 0 Å². The predicted octanol–water partition coefficient (Wildman–Crippen LogP) is 5.15.